The van der Waals surface area contributed by atoms with Gasteiger partial charge in [-0.3, -0.25) is 5.10 Å². The van der Waals surface area contributed by atoms with E-state index in [1.165, 1.54) is 19.0 Å². The van der Waals surface area contributed by atoms with Crippen LogP contribution in [-0.4, -0.2) is 34.8 Å². The van der Waals surface area contributed by atoms with Crippen molar-refractivity contribution in [2.24, 2.45) is 17.6 Å². The molecule has 8 nitrogen and oxygen atoms in total. The van der Waals surface area contributed by atoms with Gasteiger partial charge >= 0.3 is 0 Å². The van der Waals surface area contributed by atoms with Crippen LogP contribution < -0.4 is 5.73 Å². The molecule has 0 spiro atoms. The molecule has 0 aromatic carbocycles. The number of nitrogens with one attached hydrogen (secondary N) is 1. The van der Waals surface area contributed by atoms with Gasteiger partial charge in [-0.1, -0.05) is 27.7 Å². The summed E-state index contributed by atoms with van der Waals surface area (Å²) < 4.78 is 1.86. The average molecular weight is 411 g/mol. The molecule has 8 heteroatoms. The number of nitrogens with two attached hydrogens (primary N) is 1. The minimum absolute atomic E-state index is 0.573. The zero-order valence-corrected chi connectivity index (χ0v) is 19.1. The van der Waals surface area contributed by atoms with Crippen LogP contribution in [0.1, 0.15) is 88.2 Å². The third-order valence-corrected chi connectivity index (χ3v) is 5.74. The van der Waals surface area contributed by atoms with Crippen molar-refractivity contribution in [2.75, 3.05) is 0 Å². The summed E-state index contributed by atoms with van der Waals surface area (Å²) >= 11 is 0. The Hall–Kier alpha value is -2.77. The van der Waals surface area contributed by atoms with Crippen LogP contribution in [-0.2, 0) is 0 Å². The molecular formula is C22H34N8. The average Bonchev–Trinajstić information content (AvgIpc) is 3.51. The Labute approximate surface area is 178 Å². The number of hydrogen-bond acceptors (Lipinski definition) is 6. The summed E-state index contributed by atoms with van der Waals surface area (Å²) in [5.74, 6) is 6.28. The van der Waals surface area contributed by atoms with E-state index in [4.69, 9.17) is 5.73 Å². The van der Waals surface area contributed by atoms with E-state index in [9.17, 15) is 0 Å². The molecule has 0 radical (unpaired) electrons. The molecular weight excluding hydrogens is 376 g/mol. The quantitative estimate of drug-likeness (QED) is 0.671. The van der Waals surface area contributed by atoms with Gasteiger partial charge in [0.25, 0.3) is 0 Å². The van der Waals surface area contributed by atoms with Crippen molar-refractivity contribution in [3.8, 4) is 0 Å². The molecule has 3 N–H and O–H groups in total. The van der Waals surface area contributed by atoms with E-state index in [0.29, 0.717) is 11.8 Å². The van der Waals surface area contributed by atoms with Gasteiger partial charge in [-0.2, -0.15) is 9.61 Å². The SMILES string of the molecule is C/C(=C/N)c1n[nH]c(C2CC2C)n1.CC.Cc1cnc(C)n2nc(C3CC3C)nc12. The van der Waals surface area contributed by atoms with Crippen molar-refractivity contribution in [1.29, 1.82) is 0 Å². The van der Waals surface area contributed by atoms with E-state index in [1.54, 1.807) is 0 Å². The molecule has 3 aromatic rings. The van der Waals surface area contributed by atoms with Gasteiger partial charge in [-0.15, -0.1) is 5.10 Å². The highest BCUT2D eigenvalue weighted by molar-refractivity contribution is 5.56. The molecule has 0 aliphatic heterocycles. The monoisotopic (exact) mass is 410 g/mol. The first-order chi connectivity index (χ1) is 14.4. The van der Waals surface area contributed by atoms with Crippen LogP contribution in [0.3, 0.4) is 0 Å². The Kier molecular flexibility index (Phi) is 6.53. The van der Waals surface area contributed by atoms with Crippen molar-refractivity contribution in [1.82, 2.24) is 34.8 Å². The lowest BCUT2D eigenvalue weighted by atomic mass is 10.3. The number of H-pyrrole nitrogens is 1. The fourth-order valence-electron chi connectivity index (χ4n) is 3.34. The summed E-state index contributed by atoms with van der Waals surface area (Å²) in [5, 5.41) is 11.6. The first-order valence-electron chi connectivity index (χ1n) is 10.9. The Morgan fingerprint density at radius 3 is 2.30 bits per heavy atom. The van der Waals surface area contributed by atoms with Gasteiger partial charge in [0, 0.05) is 35.4 Å². The summed E-state index contributed by atoms with van der Waals surface area (Å²) in [6.45, 7) is 14.4. The second-order valence-electron chi connectivity index (χ2n) is 8.23. The number of aromatic nitrogens is 7. The standard InChI is InChI=1S/C11H14N4.C9H14N4.C2H6/c1-6-4-9(6)10-13-11-7(2)5-12-8(3)15(11)14-10;1-5-3-7(5)9-11-8(12-13-9)6(2)4-10;1-2/h5-6,9H,4H2,1-3H3;4-5,7H,3,10H2,1-2H3,(H,11,12,13);1-2H3/b;6-4-;. The van der Waals surface area contributed by atoms with Crippen molar-refractivity contribution in [3.63, 3.8) is 0 Å². The van der Waals surface area contributed by atoms with Crippen LogP contribution >= 0.6 is 0 Å². The zero-order chi connectivity index (χ0) is 22.0. The minimum Gasteiger partial charge on any atom is -0.404 e. The van der Waals surface area contributed by atoms with Crippen LogP contribution in [0.25, 0.3) is 11.2 Å². The maximum atomic E-state index is 5.38. The van der Waals surface area contributed by atoms with Crippen LogP contribution in [0.2, 0.25) is 0 Å². The molecule has 2 fully saturated rings. The normalized spacial score (nSPS) is 24.6. The van der Waals surface area contributed by atoms with E-state index in [0.717, 1.165) is 51.9 Å². The molecule has 162 valence electrons. The molecule has 0 bridgehead atoms. The van der Waals surface area contributed by atoms with Crippen molar-refractivity contribution < 1.29 is 0 Å². The number of fused-ring (bicyclic) bond motifs is 1. The lowest BCUT2D eigenvalue weighted by Gasteiger charge is -1.97. The number of hydrogen-bond donors (Lipinski definition) is 2. The lowest BCUT2D eigenvalue weighted by molar-refractivity contribution is 0.797. The molecule has 4 atom stereocenters. The third-order valence-electron chi connectivity index (χ3n) is 5.74. The summed E-state index contributed by atoms with van der Waals surface area (Å²) in [4.78, 5) is 13.3. The molecule has 0 saturated heterocycles. The van der Waals surface area contributed by atoms with E-state index in [1.807, 2.05) is 45.3 Å². The van der Waals surface area contributed by atoms with Gasteiger partial charge in [-0.05, 0) is 45.4 Å². The summed E-state index contributed by atoms with van der Waals surface area (Å²) in [7, 11) is 0. The predicted molar refractivity (Wildman–Crippen MR) is 119 cm³/mol. The number of allylic oxidation sites excluding steroid dienone is 1. The fraction of sp³-hybridized carbons (Fsp3) is 0.591. The Balaban J connectivity index is 0.000000159. The summed E-state index contributed by atoms with van der Waals surface area (Å²) in [6.07, 6.45) is 5.84. The molecule has 2 saturated carbocycles. The minimum atomic E-state index is 0.573. The van der Waals surface area contributed by atoms with Crippen molar-refractivity contribution in [2.45, 2.75) is 73.1 Å². The molecule has 0 amide bonds. The van der Waals surface area contributed by atoms with Crippen LogP contribution in [0.5, 0.6) is 0 Å². The van der Waals surface area contributed by atoms with Gasteiger partial charge in [-0.25, -0.2) is 15.0 Å². The molecule has 5 rings (SSSR count). The molecule has 4 unspecified atom stereocenters. The lowest BCUT2D eigenvalue weighted by Crippen LogP contribution is -1.98. The number of rotatable bonds is 3. The first kappa shape index (κ1) is 21.9. The number of aryl methyl sites for hydroxylation is 2. The van der Waals surface area contributed by atoms with Crippen LogP contribution in [0.15, 0.2) is 12.4 Å². The predicted octanol–water partition coefficient (Wildman–Crippen LogP) is 4.14. The topological polar surface area (TPSA) is 111 Å². The Morgan fingerprint density at radius 2 is 1.77 bits per heavy atom. The molecule has 3 aromatic heterocycles. The maximum Gasteiger partial charge on any atom is 0.178 e. The van der Waals surface area contributed by atoms with Gasteiger partial charge in [0.1, 0.15) is 11.6 Å². The number of aromatic amines is 1. The van der Waals surface area contributed by atoms with E-state index >= 15 is 0 Å². The van der Waals surface area contributed by atoms with E-state index in [2.05, 4.69) is 44.1 Å². The third kappa shape index (κ3) is 4.52. The van der Waals surface area contributed by atoms with Gasteiger partial charge in [0.15, 0.2) is 17.3 Å². The highest BCUT2D eigenvalue weighted by Gasteiger charge is 2.38. The molecule has 2 aliphatic carbocycles. The van der Waals surface area contributed by atoms with Gasteiger partial charge < -0.3 is 5.73 Å². The molecule has 3 heterocycles. The van der Waals surface area contributed by atoms with Crippen molar-refractivity contribution >= 4 is 11.2 Å². The largest absolute Gasteiger partial charge is 0.404 e. The van der Waals surface area contributed by atoms with E-state index < -0.39 is 0 Å². The summed E-state index contributed by atoms with van der Waals surface area (Å²) in [6, 6.07) is 0. The molecule has 2 aliphatic rings. The number of nitrogens with zero attached hydrogens (tertiary/aromatic N) is 6. The van der Waals surface area contributed by atoms with Gasteiger partial charge in [0.2, 0.25) is 0 Å². The van der Waals surface area contributed by atoms with Crippen molar-refractivity contribution in [3.05, 3.63) is 41.3 Å². The smallest absolute Gasteiger partial charge is 0.178 e. The van der Waals surface area contributed by atoms with Gasteiger partial charge in [0.05, 0.1) is 0 Å². The zero-order valence-electron chi connectivity index (χ0n) is 19.1. The fourth-order valence-corrected chi connectivity index (χ4v) is 3.34. The maximum absolute atomic E-state index is 5.38. The van der Waals surface area contributed by atoms with E-state index in [-0.39, 0.29) is 0 Å². The summed E-state index contributed by atoms with van der Waals surface area (Å²) in [5.41, 5.74) is 8.33. The Morgan fingerprint density at radius 1 is 1.13 bits per heavy atom. The second kappa shape index (κ2) is 8.93. The molecule has 30 heavy (non-hydrogen) atoms. The second-order valence-corrected chi connectivity index (χ2v) is 8.23. The Bertz CT molecular complexity index is 992. The van der Waals surface area contributed by atoms with Crippen LogP contribution in [0.4, 0.5) is 0 Å². The highest BCUT2D eigenvalue weighted by Crippen LogP contribution is 2.46. The first-order valence-corrected chi connectivity index (χ1v) is 10.9. The highest BCUT2D eigenvalue weighted by atomic mass is 15.3. The van der Waals surface area contributed by atoms with Crippen LogP contribution in [0, 0.1) is 25.7 Å².